The molecule has 0 atom stereocenters. The van der Waals surface area contributed by atoms with Crippen LogP contribution in [-0.2, 0) is 4.74 Å². The fourth-order valence-corrected chi connectivity index (χ4v) is 1.66. The van der Waals surface area contributed by atoms with Gasteiger partial charge in [0.25, 0.3) is 0 Å². The van der Waals surface area contributed by atoms with Crippen LogP contribution in [0.1, 0.15) is 5.56 Å². The summed E-state index contributed by atoms with van der Waals surface area (Å²) in [5.74, 6) is 0.949. The quantitative estimate of drug-likeness (QED) is 0.513. The summed E-state index contributed by atoms with van der Waals surface area (Å²) < 4.78 is 50.4. The standard InChI is InChI=1S/C12H12F3NO4/c13-12(14,15)7-18-3-4-19-8-1-2-9-10(16-17)6-20-11(9)5-8/h1-2,5,17H,3-4,6-7H2. The summed E-state index contributed by atoms with van der Waals surface area (Å²) in [6, 6.07) is 4.85. The van der Waals surface area contributed by atoms with Gasteiger partial charge in [-0.3, -0.25) is 0 Å². The van der Waals surface area contributed by atoms with E-state index in [-0.39, 0.29) is 19.8 Å². The molecule has 1 N–H and O–H groups in total. The Morgan fingerprint density at radius 1 is 1.30 bits per heavy atom. The summed E-state index contributed by atoms with van der Waals surface area (Å²) in [5.41, 5.74) is 1.08. The van der Waals surface area contributed by atoms with Crippen molar-refractivity contribution in [3.05, 3.63) is 23.8 Å². The van der Waals surface area contributed by atoms with Crippen molar-refractivity contribution in [2.45, 2.75) is 6.18 Å². The molecule has 1 aromatic carbocycles. The van der Waals surface area contributed by atoms with Gasteiger partial charge < -0.3 is 19.4 Å². The van der Waals surface area contributed by atoms with Crippen LogP contribution >= 0.6 is 0 Å². The Morgan fingerprint density at radius 2 is 2.10 bits per heavy atom. The molecule has 8 heteroatoms. The monoisotopic (exact) mass is 291 g/mol. The Balaban J connectivity index is 1.81. The topological polar surface area (TPSA) is 60.3 Å². The maximum atomic E-state index is 11.8. The summed E-state index contributed by atoms with van der Waals surface area (Å²) in [5, 5.41) is 11.8. The molecule has 20 heavy (non-hydrogen) atoms. The van der Waals surface area contributed by atoms with E-state index >= 15 is 0 Å². The van der Waals surface area contributed by atoms with Crippen LogP contribution in [0.15, 0.2) is 23.4 Å². The van der Waals surface area contributed by atoms with Crippen molar-refractivity contribution in [3.63, 3.8) is 0 Å². The lowest BCUT2D eigenvalue weighted by atomic mass is 10.1. The first-order chi connectivity index (χ1) is 9.49. The second-order valence-corrected chi connectivity index (χ2v) is 4.01. The molecule has 0 saturated carbocycles. The highest BCUT2D eigenvalue weighted by Crippen LogP contribution is 2.29. The number of hydrogen-bond acceptors (Lipinski definition) is 5. The maximum Gasteiger partial charge on any atom is 0.411 e. The van der Waals surface area contributed by atoms with Crippen molar-refractivity contribution in [2.75, 3.05) is 26.4 Å². The van der Waals surface area contributed by atoms with Gasteiger partial charge in [0.15, 0.2) is 0 Å². The number of benzene rings is 1. The predicted octanol–water partition coefficient (Wildman–Crippen LogP) is 2.21. The zero-order valence-corrected chi connectivity index (χ0v) is 10.3. The van der Waals surface area contributed by atoms with Gasteiger partial charge in [-0.25, -0.2) is 0 Å². The third-order valence-electron chi connectivity index (χ3n) is 2.51. The van der Waals surface area contributed by atoms with Crippen LogP contribution < -0.4 is 9.47 Å². The van der Waals surface area contributed by atoms with E-state index in [1.807, 2.05) is 0 Å². The van der Waals surface area contributed by atoms with E-state index in [9.17, 15) is 13.2 Å². The second-order valence-electron chi connectivity index (χ2n) is 4.01. The Bertz CT molecular complexity index is 502. The highest BCUT2D eigenvalue weighted by atomic mass is 19.4. The first-order valence-corrected chi connectivity index (χ1v) is 5.75. The van der Waals surface area contributed by atoms with E-state index in [4.69, 9.17) is 14.7 Å². The molecule has 0 amide bonds. The Morgan fingerprint density at radius 3 is 2.80 bits per heavy atom. The number of nitrogens with zero attached hydrogens (tertiary/aromatic N) is 1. The average Bonchev–Trinajstić information content (AvgIpc) is 2.79. The van der Waals surface area contributed by atoms with Crippen molar-refractivity contribution in [1.29, 1.82) is 0 Å². The molecule has 1 aromatic rings. The number of oxime groups is 1. The van der Waals surface area contributed by atoms with E-state index in [1.54, 1.807) is 18.2 Å². The minimum Gasteiger partial charge on any atom is -0.491 e. The molecule has 1 aliphatic heterocycles. The lowest BCUT2D eigenvalue weighted by molar-refractivity contribution is -0.175. The summed E-state index contributed by atoms with van der Waals surface area (Å²) in [4.78, 5) is 0. The minimum absolute atomic E-state index is 0.00415. The minimum atomic E-state index is -4.33. The lowest BCUT2D eigenvalue weighted by Gasteiger charge is -2.09. The molecule has 0 saturated heterocycles. The Hall–Kier alpha value is -1.96. The normalized spacial score (nSPS) is 16.1. The first kappa shape index (κ1) is 14.4. The molecule has 1 aliphatic rings. The predicted molar refractivity (Wildman–Crippen MR) is 62.6 cm³/mol. The van der Waals surface area contributed by atoms with Gasteiger partial charge in [-0.05, 0) is 12.1 Å². The van der Waals surface area contributed by atoms with Crippen molar-refractivity contribution in [2.24, 2.45) is 5.16 Å². The van der Waals surface area contributed by atoms with Gasteiger partial charge in [0.2, 0.25) is 0 Å². The van der Waals surface area contributed by atoms with E-state index in [0.29, 0.717) is 22.8 Å². The highest BCUT2D eigenvalue weighted by molar-refractivity contribution is 6.05. The molecule has 0 fully saturated rings. The summed E-state index contributed by atoms with van der Waals surface area (Å²) in [7, 11) is 0. The molecular formula is C12H12F3NO4. The van der Waals surface area contributed by atoms with E-state index in [2.05, 4.69) is 9.89 Å². The van der Waals surface area contributed by atoms with Crippen LogP contribution in [-0.4, -0.2) is 43.5 Å². The zero-order chi connectivity index (χ0) is 14.6. The zero-order valence-electron chi connectivity index (χ0n) is 10.3. The molecule has 0 spiro atoms. The summed E-state index contributed by atoms with van der Waals surface area (Å²) >= 11 is 0. The number of fused-ring (bicyclic) bond motifs is 1. The van der Waals surface area contributed by atoms with Gasteiger partial charge in [0, 0.05) is 11.6 Å². The largest absolute Gasteiger partial charge is 0.491 e. The van der Waals surface area contributed by atoms with Crippen LogP contribution in [0.2, 0.25) is 0 Å². The molecule has 0 aliphatic carbocycles. The first-order valence-electron chi connectivity index (χ1n) is 5.75. The third kappa shape index (κ3) is 3.77. The highest BCUT2D eigenvalue weighted by Gasteiger charge is 2.27. The number of rotatable bonds is 5. The lowest BCUT2D eigenvalue weighted by Crippen LogP contribution is -2.19. The average molecular weight is 291 g/mol. The molecular weight excluding hydrogens is 279 g/mol. The van der Waals surface area contributed by atoms with Gasteiger partial charge in [-0.1, -0.05) is 5.16 Å². The molecule has 1 heterocycles. The molecule has 0 aromatic heterocycles. The Kier molecular flexibility index (Phi) is 4.33. The number of halogens is 3. The molecule has 2 rings (SSSR count). The van der Waals surface area contributed by atoms with Crippen molar-refractivity contribution >= 4 is 5.71 Å². The van der Waals surface area contributed by atoms with Gasteiger partial charge in [0.05, 0.1) is 6.61 Å². The van der Waals surface area contributed by atoms with Gasteiger partial charge in [0.1, 0.15) is 37.0 Å². The van der Waals surface area contributed by atoms with Gasteiger partial charge in [-0.2, -0.15) is 13.2 Å². The smallest absolute Gasteiger partial charge is 0.411 e. The fourth-order valence-electron chi connectivity index (χ4n) is 1.66. The van der Waals surface area contributed by atoms with E-state index < -0.39 is 12.8 Å². The van der Waals surface area contributed by atoms with Gasteiger partial charge >= 0.3 is 6.18 Å². The molecule has 0 unspecified atom stereocenters. The van der Waals surface area contributed by atoms with Crippen molar-refractivity contribution < 1.29 is 32.6 Å². The third-order valence-corrected chi connectivity index (χ3v) is 2.51. The van der Waals surface area contributed by atoms with Crippen LogP contribution in [0, 0.1) is 0 Å². The van der Waals surface area contributed by atoms with E-state index in [1.165, 1.54) is 0 Å². The summed E-state index contributed by atoms with van der Waals surface area (Å²) in [6.07, 6.45) is -4.33. The van der Waals surface area contributed by atoms with E-state index in [0.717, 1.165) is 0 Å². The molecule has 110 valence electrons. The van der Waals surface area contributed by atoms with Crippen molar-refractivity contribution in [3.8, 4) is 11.5 Å². The number of alkyl halides is 3. The SMILES string of the molecule is ON=C1COc2cc(OCCOCC(F)(F)F)ccc21. The second kappa shape index (κ2) is 6.00. The van der Waals surface area contributed by atoms with Crippen LogP contribution in [0.4, 0.5) is 13.2 Å². The van der Waals surface area contributed by atoms with Crippen molar-refractivity contribution in [1.82, 2.24) is 0 Å². The number of hydrogen-bond donors (Lipinski definition) is 1. The van der Waals surface area contributed by atoms with Crippen LogP contribution in [0.25, 0.3) is 0 Å². The Labute approximate surface area is 112 Å². The number of ether oxygens (including phenoxy) is 3. The molecule has 5 nitrogen and oxygen atoms in total. The van der Waals surface area contributed by atoms with Crippen LogP contribution in [0.5, 0.6) is 11.5 Å². The molecule has 0 radical (unpaired) electrons. The maximum absolute atomic E-state index is 11.8. The fraction of sp³-hybridized carbons (Fsp3) is 0.417. The van der Waals surface area contributed by atoms with Crippen LogP contribution in [0.3, 0.4) is 0 Å². The van der Waals surface area contributed by atoms with Gasteiger partial charge in [-0.15, -0.1) is 0 Å². The molecule has 0 bridgehead atoms. The summed E-state index contributed by atoms with van der Waals surface area (Å²) in [6.45, 7) is -1.29.